The Kier molecular flexibility index (Phi) is 6.65. The van der Waals surface area contributed by atoms with Crippen molar-refractivity contribution in [2.24, 2.45) is 5.73 Å². The highest BCUT2D eigenvalue weighted by Crippen LogP contribution is 2.20. The standard InChI is InChI=1S/C12H18BrFN2O/c13-10-7-9(3-4-11(10)14)12(8-15)16-5-1-2-6-17/h3-4,7,12,16-17H,1-2,5-6,8,15H2. The zero-order valence-corrected chi connectivity index (χ0v) is 11.2. The van der Waals surface area contributed by atoms with Crippen LogP contribution in [0.15, 0.2) is 22.7 Å². The zero-order chi connectivity index (χ0) is 12.7. The Labute approximate surface area is 109 Å². The number of unbranched alkanes of at least 4 members (excludes halogenated alkanes) is 1. The van der Waals surface area contributed by atoms with Gasteiger partial charge in [0.2, 0.25) is 0 Å². The van der Waals surface area contributed by atoms with E-state index < -0.39 is 0 Å². The minimum absolute atomic E-state index is 0.0191. The number of aliphatic hydroxyl groups is 1. The highest BCUT2D eigenvalue weighted by Gasteiger charge is 2.10. The topological polar surface area (TPSA) is 58.3 Å². The maximum atomic E-state index is 13.1. The minimum atomic E-state index is -0.273. The predicted molar refractivity (Wildman–Crippen MR) is 70.2 cm³/mol. The number of halogens is 2. The van der Waals surface area contributed by atoms with E-state index in [-0.39, 0.29) is 18.5 Å². The third-order valence-corrected chi connectivity index (χ3v) is 3.17. The van der Waals surface area contributed by atoms with Crippen LogP contribution >= 0.6 is 15.9 Å². The average molecular weight is 305 g/mol. The predicted octanol–water partition coefficient (Wildman–Crippen LogP) is 1.95. The molecule has 0 aliphatic carbocycles. The van der Waals surface area contributed by atoms with Gasteiger partial charge in [-0.1, -0.05) is 6.07 Å². The third kappa shape index (κ3) is 4.71. The fourth-order valence-corrected chi connectivity index (χ4v) is 1.98. The van der Waals surface area contributed by atoms with Crippen molar-refractivity contribution < 1.29 is 9.50 Å². The first kappa shape index (κ1) is 14.6. The Hall–Kier alpha value is -0.490. The van der Waals surface area contributed by atoms with Crippen molar-refractivity contribution in [3.63, 3.8) is 0 Å². The SMILES string of the molecule is NCC(NCCCCO)c1ccc(F)c(Br)c1. The lowest BCUT2D eigenvalue weighted by Crippen LogP contribution is -2.29. The van der Waals surface area contributed by atoms with Crippen LogP contribution in [0.2, 0.25) is 0 Å². The van der Waals surface area contributed by atoms with Gasteiger partial charge in [-0.2, -0.15) is 0 Å². The zero-order valence-electron chi connectivity index (χ0n) is 9.63. The second-order valence-electron chi connectivity index (χ2n) is 3.85. The molecule has 1 unspecified atom stereocenters. The molecule has 0 aromatic heterocycles. The number of hydrogen-bond donors (Lipinski definition) is 3. The summed E-state index contributed by atoms with van der Waals surface area (Å²) in [7, 11) is 0. The molecule has 0 spiro atoms. The van der Waals surface area contributed by atoms with Crippen LogP contribution in [0, 0.1) is 5.82 Å². The normalized spacial score (nSPS) is 12.7. The number of benzene rings is 1. The number of nitrogens with one attached hydrogen (secondary N) is 1. The van der Waals surface area contributed by atoms with E-state index in [1.165, 1.54) is 6.07 Å². The molecule has 0 fully saturated rings. The Balaban J connectivity index is 2.56. The second kappa shape index (κ2) is 7.76. The van der Waals surface area contributed by atoms with Crippen molar-refractivity contribution in [2.45, 2.75) is 18.9 Å². The Morgan fingerprint density at radius 3 is 2.76 bits per heavy atom. The van der Waals surface area contributed by atoms with E-state index in [9.17, 15) is 4.39 Å². The van der Waals surface area contributed by atoms with Gasteiger partial charge in [0.25, 0.3) is 0 Å². The van der Waals surface area contributed by atoms with E-state index in [1.807, 2.05) is 0 Å². The average Bonchev–Trinajstić information content (AvgIpc) is 2.33. The van der Waals surface area contributed by atoms with Crippen LogP contribution in [0.5, 0.6) is 0 Å². The molecule has 0 saturated heterocycles. The molecule has 1 aromatic rings. The van der Waals surface area contributed by atoms with Gasteiger partial charge in [0.1, 0.15) is 5.82 Å². The van der Waals surface area contributed by atoms with Gasteiger partial charge < -0.3 is 16.2 Å². The van der Waals surface area contributed by atoms with Crippen LogP contribution in [0.1, 0.15) is 24.4 Å². The highest BCUT2D eigenvalue weighted by molar-refractivity contribution is 9.10. The molecule has 0 saturated carbocycles. The van der Waals surface area contributed by atoms with Crippen LogP contribution in [-0.2, 0) is 0 Å². The molecule has 1 aromatic carbocycles. The quantitative estimate of drug-likeness (QED) is 0.675. The highest BCUT2D eigenvalue weighted by atomic mass is 79.9. The first-order valence-electron chi connectivity index (χ1n) is 5.68. The van der Waals surface area contributed by atoms with Crippen molar-refractivity contribution in [1.82, 2.24) is 5.32 Å². The molecule has 1 atom stereocenters. The van der Waals surface area contributed by atoms with Crippen molar-refractivity contribution in [3.05, 3.63) is 34.1 Å². The summed E-state index contributed by atoms with van der Waals surface area (Å²) in [5.41, 5.74) is 6.65. The fourth-order valence-electron chi connectivity index (χ4n) is 1.58. The third-order valence-electron chi connectivity index (χ3n) is 2.56. The number of rotatable bonds is 7. The summed E-state index contributed by atoms with van der Waals surface area (Å²) >= 11 is 3.16. The molecule has 0 radical (unpaired) electrons. The van der Waals surface area contributed by atoms with Crippen LogP contribution in [0.25, 0.3) is 0 Å². The molecule has 1 rings (SSSR count). The van der Waals surface area contributed by atoms with Crippen LogP contribution < -0.4 is 11.1 Å². The molecule has 3 nitrogen and oxygen atoms in total. The monoisotopic (exact) mass is 304 g/mol. The first-order valence-corrected chi connectivity index (χ1v) is 6.47. The van der Waals surface area contributed by atoms with Gasteiger partial charge in [-0.05, 0) is 53.0 Å². The van der Waals surface area contributed by atoms with Crippen molar-refractivity contribution in [2.75, 3.05) is 19.7 Å². The molecule has 96 valence electrons. The minimum Gasteiger partial charge on any atom is -0.396 e. The number of nitrogens with two attached hydrogens (primary N) is 1. The van der Waals surface area contributed by atoms with Gasteiger partial charge in [0.15, 0.2) is 0 Å². The van der Waals surface area contributed by atoms with Crippen molar-refractivity contribution in [3.8, 4) is 0 Å². The molecule has 0 bridgehead atoms. The van der Waals surface area contributed by atoms with Gasteiger partial charge in [-0.15, -0.1) is 0 Å². The van der Waals surface area contributed by atoms with Crippen LogP contribution in [0.4, 0.5) is 4.39 Å². The maximum Gasteiger partial charge on any atom is 0.137 e. The van der Waals surface area contributed by atoms with Crippen molar-refractivity contribution >= 4 is 15.9 Å². The summed E-state index contributed by atoms with van der Waals surface area (Å²) in [6.45, 7) is 1.45. The summed E-state index contributed by atoms with van der Waals surface area (Å²) in [6, 6.07) is 4.92. The van der Waals surface area contributed by atoms with E-state index >= 15 is 0 Å². The second-order valence-corrected chi connectivity index (χ2v) is 4.70. The van der Waals surface area contributed by atoms with Crippen molar-refractivity contribution in [1.29, 1.82) is 0 Å². The molecule has 5 heteroatoms. The van der Waals surface area contributed by atoms with Gasteiger partial charge in [-0.25, -0.2) is 4.39 Å². The fraction of sp³-hybridized carbons (Fsp3) is 0.500. The molecular formula is C12H18BrFN2O. The molecule has 0 aliphatic heterocycles. The smallest absolute Gasteiger partial charge is 0.137 e. The van der Waals surface area contributed by atoms with Crippen LogP contribution in [0.3, 0.4) is 0 Å². The Bertz CT molecular complexity index is 349. The lowest BCUT2D eigenvalue weighted by Gasteiger charge is -2.17. The Morgan fingerprint density at radius 2 is 2.18 bits per heavy atom. The van der Waals surface area contributed by atoms with Crippen LogP contribution in [-0.4, -0.2) is 24.8 Å². The maximum absolute atomic E-state index is 13.1. The molecule has 17 heavy (non-hydrogen) atoms. The van der Waals surface area contributed by atoms with Gasteiger partial charge in [0.05, 0.1) is 4.47 Å². The lowest BCUT2D eigenvalue weighted by molar-refractivity contribution is 0.282. The van der Waals surface area contributed by atoms with E-state index in [1.54, 1.807) is 12.1 Å². The van der Waals surface area contributed by atoms with Gasteiger partial charge in [-0.3, -0.25) is 0 Å². The number of aliphatic hydroxyl groups excluding tert-OH is 1. The van der Waals surface area contributed by atoms with Gasteiger partial charge >= 0.3 is 0 Å². The summed E-state index contributed by atoms with van der Waals surface area (Å²) in [6.07, 6.45) is 1.67. The molecule has 4 N–H and O–H groups in total. The van der Waals surface area contributed by atoms with E-state index in [0.717, 1.165) is 24.9 Å². The summed E-state index contributed by atoms with van der Waals surface area (Å²) < 4.78 is 13.5. The van der Waals surface area contributed by atoms with E-state index in [0.29, 0.717) is 11.0 Å². The lowest BCUT2D eigenvalue weighted by atomic mass is 10.1. The molecule has 0 aliphatic rings. The molecule has 0 amide bonds. The summed E-state index contributed by atoms with van der Waals surface area (Å²) in [5.74, 6) is -0.273. The Morgan fingerprint density at radius 1 is 1.41 bits per heavy atom. The largest absolute Gasteiger partial charge is 0.396 e. The summed E-state index contributed by atoms with van der Waals surface area (Å²) in [4.78, 5) is 0. The molecular weight excluding hydrogens is 287 g/mol. The van der Waals surface area contributed by atoms with E-state index in [2.05, 4.69) is 21.2 Å². The number of hydrogen-bond acceptors (Lipinski definition) is 3. The first-order chi connectivity index (χ1) is 8.19. The van der Waals surface area contributed by atoms with Gasteiger partial charge in [0, 0.05) is 19.2 Å². The van der Waals surface area contributed by atoms with E-state index in [4.69, 9.17) is 10.8 Å². The molecule has 0 heterocycles. The summed E-state index contributed by atoms with van der Waals surface area (Å²) in [5, 5.41) is 12.0.